The summed E-state index contributed by atoms with van der Waals surface area (Å²) in [6.07, 6.45) is 0.831. The van der Waals surface area contributed by atoms with Gasteiger partial charge in [0.1, 0.15) is 5.75 Å². The van der Waals surface area contributed by atoms with Gasteiger partial charge in [0, 0.05) is 4.47 Å². The van der Waals surface area contributed by atoms with Crippen molar-refractivity contribution in [1.82, 2.24) is 5.32 Å². The topological polar surface area (TPSA) is 38.3 Å². The number of hydrogen-bond donors (Lipinski definition) is 1. The van der Waals surface area contributed by atoms with Gasteiger partial charge in [-0.2, -0.15) is 0 Å². The third-order valence-corrected chi connectivity index (χ3v) is 3.90. The Morgan fingerprint density at radius 3 is 2.59 bits per heavy atom. The number of hydrogen-bond acceptors (Lipinski definition) is 2. The Hall–Kier alpha value is -1.81. The summed E-state index contributed by atoms with van der Waals surface area (Å²) in [5.74, 6) is 0.600. The summed E-state index contributed by atoms with van der Waals surface area (Å²) in [5, 5.41) is 3.01. The monoisotopic (exact) mass is 361 g/mol. The lowest BCUT2D eigenvalue weighted by molar-refractivity contribution is -0.123. The average Bonchev–Trinajstić information content (AvgIpc) is 2.52. The number of ether oxygens (including phenoxy) is 1. The van der Waals surface area contributed by atoms with E-state index in [1.165, 1.54) is 0 Å². The van der Waals surface area contributed by atoms with E-state index in [1.807, 2.05) is 55.5 Å². The van der Waals surface area contributed by atoms with E-state index in [0.717, 1.165) is 22.0 Å². The fourth-order valence-electron chi connectivity index (χ4n) is 2.21. The molecule has 116 valence electrons. The Morgan fingerprint density at radius 1 is 1.23 bits per heavy atom. The quantitative estimate of drug-likeness (QED) is 0.827. The zero-order valence-corrected chi connectivity index (χ0v) is 14.4. The highest BCUT2D eigenvalue weighted by atomic mass is 79.9. The Morgan fingerprint density at radius 2 is 1.95 bits per heavy atom. The van der Waals surface area contributed by atoms with Crippen molar-refractivity contribution >= 4 is 21.8 Å². The molecule has 2 aromatic rings. The van der Waals surface area contributed by atoms with Crippen LogP contribution in [0.25, 0.3) is 0 Å². The highest BCUT2D eigenvalue weighted by molar-refractivity contribution is 9.10. The van der Waals surface area contributed by atoms with E-state index in [0.29, 0.717) is 5.75 Å². The summed E-state index contributed by atoms with van der Waals surface area (Å²) in [4.78, 5) is 12.1. The van der Waals surface area contributed by atoms with Gasteiger partial charge in [0.15, 0.2) is 6.61 Å². The summed E-state index contributed by atoms with van der Waals surface area (Å²) < 4.78 is 6.56. The largest absolute Gasteiger partial charge is 0.484 e. The van der Waals surface area contributed by atoms with Gasteiger partial charge >= 0.3 is 0 Å². The molecule has 0 aliphatic rings. The van der Waals surface area contributed by atoms with Crippen molar-refractivity contribution in [3.05, 3.63) is 64.1 Å². The van der Waals surface area contributed by atoms with E-state index in [9.17, 15) is 4.79 Å². The average molecular weight is 362 g/mol. The molecule has 1 atom stereocenters. The zero-order chi connectivity index (χ0) is 15.9. The molecule has 0 aliphatic carbocycles. The Kier molecular flexibility index (Phi) is 6.01. The number of rotatable bonds is 6. The second kappa shape index (κ2) is 7.99. The molecule has 0 spiro atoms. The molecule has 2 aromatic carbocycles. The number of amides is 1. The summed E-state index contributed by atoms with van der Waals surface area (Å²) in [6, 6.07) is 15.7. The van der Waals surface area contributed by atoms with Gasteiger partial charge in [-0.15, -0.1) is 0 Å². The van der Waals surface area contributed by atoms with E-state index < -0.39 is 0 Å². The highest BCUT2D eigenvalue weighted by Crippen LogP contribution is 2.19. The van der Waals surface area contributed by atoms with Crippen molar-refractivity contribution in [2.24, 2.45) is 0 Å². The minimum Gasteiger partial charge on any atom is -0.484 e. The molecule has 1 unspecified atom stereocenters. The van der Waals surface area contributed by atoms with Gasteiger partial charge < -0.3 is 10.1 Å². The Balaban J connectivity index is 1.90. The standard InChI is InChI=1S/C18H20BrNO2/c1-3-17(14-7-9-15(19)10-8-14)20-18(21)12-22-16-6-4-5-13(2)11-16/h4-11,17H,3,12H2,1-2H3,(H,20,21). The highest BCUT2D eigenvalue weighted by Gasteiger charge is 2.13. The molecule has 0 heterocycles. The van der Waals surface area contributed by atoms with Crippen LogP contribution in [0, 0.1) is 6.92 Å². The van der Waals surface area contributed by atoms with Crippen LogP contribution in [0.1, 0.15) is 30.5 Å². The van der Waals surface area contributed by atoms with Crippen LogP contribution in [0.3, 0.4) is 0 Å². The molecule has 2 rings (SSSR count). The molecule has 1 N–H and O–H groups in total. The first-order valence-corrected chi connectivity index (χ1v) is 8.12. The fourth-order valence-corrected chi connectivity index (χ4v) is 2.47. The van der Waals surface area contributed by atoms with E-state index in [4.69, 9.17) is 4.74 Å². The molecule has 0 fully saturated rings. The van der Waals surface area contributed by atoms with Gasteiger partial charge in [0.05, 0.1) is 6.04 Å². The van der Waals surface area contributed by atoms with E-state index in [1.54, 1.807) is 0 Å². The van der Waals surface area contributed by atoms with Crippen LogP contribution in [-0.2, 0) is 4.79 Å². The zero-order valence-electron chi connectivity index (χ0n) is 12.8. The van der Waals surface area contributed by atoms with Crippen LogP contribution in [0.15, 0.2) is 53.0 Å². The van der Waals surface area contributed by atoms with Crippen molar-refractivity contribution in [3.8, 4) is 5.75 Å². The third kappa shape index (κ3) is 4.88. The second-order valence-corrected chi connectivity index (χ2v) is 6.10. The molecular weight excluding hydrogens is 342 g/mol. The predicted octanol–water partition coefficient (Wildman–Crippen LogP) is 4.40. The molecule has 4 heteroatoms. The van der Waals surface area contributed by atoms with Gasteiger partial charge in [-0.1, -0.05) is 47.1 Å². The van der Waals surface area contributed by atoms with Crippen LogP contribution in [0.5, 0.6) is 5.75 Å². The fraction of sp³-hybridized carbons (Fsp3) is 0.278. The van der Waals surface area contributed by atoms with Crippen LogP contribution in [0.2, 0.25) is 0 Å². The van der Waals surface area contributed by atoms with E-state index in [2.05, 4.69) is 28.2 Å². The van der Waals surface area contributed by atoms with Crippen LogP contribution >= 0.6 is 15.9 Å². The molecule has 3 nitrogen and oxygen atoms in total. The SMILES string of the molecule is CCC(NC(=O)COc1cccc(C)c1)c1ccc(Br)cc1. The number of aryl methyl sites for hydroxylation is 1. The maximum Gasteiger partial charge on any atom is 0.258 e. The molecule has 0 bridgehead atoms. The number of carbonyl (C=O) groups excluding carboxylic acids is 1. The first-order valence-electron chi connectivity index (χ1n) is 7.32. The molecule has 0 saturated carbocycles. The lowest BCUT2D eigenvalue weighted by Gasteiger charge is -2.18. The number of carbonyl (C=O) groups is 1. The number of halogens is 1. The van der Waals surface area contributed by atoms with Gasteiger partial charge in [0.25, 0.3) is 5.91 Å². The molecule has 0 aromatic heterocycles. The lowest BCUT2D eigenvalue weighted by atomic mass is 10.0. The Labute approximate surface area is 139 Å². The van der Waals surface area contributed by atoms with E-state index >= 15 is 0 Å². The smallest absolute Gasteiger partial charge is 0.258 e. The maximum absolute atomic E-state index is 12.1. The van der Waals surface area contributed by atoms with Gasteiger partial charge in [-0.25, -0.2) is 0 Å². The van der Waals surface area contributed by atoms with Crippen LogP contribution < -0.4 is 10.1 Å². The van der Waals surface area contributed by atoms with Crippen molar-refractivity contribution in [2.75, 3.05) is 6.61 Å². The Bertz CT molecular complexity index is 625. The first kappa shape index (κ1) is 16.6. The normalized spacial score (nSPS) is 11.8. The third-order valence-electron chi connectivity index (χ3n) is 3.38. The van der Waals surface area contributed by atoms with Crippen molar-refractivity contribution in [2.45, 2.75) is 26.3 Å². The predicted molar refractivity (Wildman–Crippen MR) is 92.0 cm³/mol. The minimum atomic E-state index is -0.115. The van der Waals surface area contributed by atoms with Gasteiger partial charge in [-0.3, -0.25) is 4.79 Å². The first-order chi connectivity index (χ1) is 10.6. The van der Waals surface area contributed by atoms with Crippen molar-refractivity contribution in [3.63, 3.8) is 0 Å². The van der Waals surface area contributed by atoms with Crippen LogP contribution in [-0.4, -0.2) is 12.5 Å². The van der Waals surface area contributed by atoms with E-state index in [-0.39, 0.29) is 18.6 Å². The number of nitrogens with one attached hydrogen (secondary N) is 1. The molecule has 0 saturated heterocycles. The molecule has 1 amide bonds. The van der Waals surface area contributed by atoms with Crippen molar-refractivity contribution in [1.29, 1.82) is 0 Å². The lowest BCUT2D eigenvalue weighted by Crippen LogP contribution is -2.32. The van der Waals surface area contributed by atoms with Gasteiger partial charge in [0.2, 0.25) is 0 Å². The summed E-state index contributed by atoms with van der Waals surface area (Å²) in [7, 11) is 0. The van der Waals surface area contributed by atoms with Crippen molar-refractivity contribution < 1.29 is 9.53 Å². The molecule has 22 heavy (non-hydrogen) atoms. The van der Waals surface area contributed by atoms with Gasteiger partial charge in [-0.05, 0) is 48.7 Å². The summed E-state index contributed by atoms with van der Waals surface area (Å²) in [6.45, 7) is 4.07. The number of benzene rings is 2. The summed E-state index contributed by atoms with van der Waals surface area (Å²) in [5.41, 5.74) is 2.20. The molecule has 0 radical (unpaired) electrons. The maximum atomic E-state index is 12.1. The molecular formula is C18H20BrNO2. The second-order valence-electron chi connectivity index (χ2n) is 5.19. The van der Waals surface area contributed by atoms with Crippen LogP contribution in [0.4, 0.5) is 0 Å². The minimum absolute atomic E-state index is 0.00158. The summed E-state index contributed by atoms with van der Waals surface area (Å²) >= 11 is 3.42. The molecule has 0 aliphatic heterocycles.